The Bertz CT molecular complexity index is 1800. The van der Waals surface area contributed by atoms with Gasteiger partial charge in [0.1, 0.15) is 11.6 Å². The third-order valence-corrected chi connectivity index (χ3v) is 9.85. The van der Waals surface area contributed by atoms with E-state index < -0.39 is 17.7 Å². The molecule has 3 amide bonds. The number of ether oxygens (including phenoxy) is 1. The highest BCUT2D eigenvalue weighted by atomic mass is 32.1. The number of amides is 3. The van der Waals surface area contributed by atoms with Crippen LogP contribution in [0.1, 0.15) is 76.0 Å². The first-order valence-electron chi connectivity index (χ1n) is 18.8. The van der Waals surface area contributed by atoms with Gasteiger partial charge in [-0.2, -0.15) is 4.99 Å². The molecule has 1 atom stereocenters. The molecule has 3 aromatic rings. The molecule has 2 fully saturated rings. The monoisotopic (exact) mass is 754 g/mol. The van der Waals surface area contributed by atoms with Gasteiger partial charge in [0.25, 0.3) is 0 Å². The number of nitrogens with zero attached hydrogens (tertiary/aromatic N) is 1. The number of benzene rings is 3. The number of aliphatic imine (C=N–C) groups is 1. The van der Waals surface area contributed by atoms with Crippen molar-refractivity contribution in [3.05, 3.63) is 95.9 Å². The molecule has 0 unspecified atom stereocenters. The van der Waals surface area contributed by atoms with E-state index in [4.69, 9.17) is 9.57 Å². The highest BCUT2D eigenvalue weighted by molar-refractivity contribution is 7.80. The fourth-order valence-electron chi connectivity index (χ4n) is 6.66. The van der Waals surface area contributed by atoms with E-state index in [1.54, 1.807) is 12.1 Å². The minimum atomic E-state index is -0.816. The summed E-state index contributed by atoms with van der Waals surface area (Å²) in [7, 11) is 0. The van der Waals surface area contributed by atoms with Crippen LogP contribution in [0.3, 0.4) is 0 Å². The number of anilines is 1. The predicted octanol–water partition coefficient (Wildman–Crippen LogP) is 7.07. The lowest BCUT2D eigenvalue weighted by Crippen LogP contribution is -2.48. The molecule has 5 N–H and O–H groups in total. The molecule has 0 aromatic heterocycles. The zero-order valence-electron chi connectivity index (χ0n) is 31.8. The van der Waals surface area contributed by atoms with Gasteiger partial charge in [0, 0.05) is 35.0 Å². The van der Waals surface area contributed by atoms with Crippen molar-refractivity contribution in [1.29, 1.82) is 0 Å². The van der Waals surface area contributed by atoms with E-state index in [1.807, 2.05) is 69.3 Å². The second-order valence-electron chi connectivity index (χ2n) is 15.1. The highest BCUT2D eigenvalue weighted by Gasteiger charge is 2.30. The normalized spacial score (nSPS) is 18.5. The molecular formula is C42H54N6O5S. The van der Waals surface area contributed by atoms with Crippen molar-refractivity contribution in [3.63, 3.8) is 0 Å². The second-order valence-corrected chi connectivity index (χ2v) is 15.7. The van der Waals surface area contributed by atoms with Crippen LogP contribution in [0.2, 0.25) is 0 Å². The van der Waals surface area contributed by atoms with Crippen molar-refractivity contribution in [2.45, 2.75) is 89.2 Å². The van der Waals surface area contributed by atoms with Gasteiger partial charge < -0.3 is 30.8 Å². The minimum Gasteiger partial charge on any atom is -0.444 e. The number of nitrogens with one attached hydrogen (secondary N) is 5. The number of alkyl carbamates (subject to hydrolysis) is 1. The van der Waals surface area contributed by atoms with Crippen molar-refractivity contribution in [3.8, 4) is 11.1 Å². The summed E-state index contributed by atoms with van der Waals surface area (Å²) >= 11 is 4.53. The molecule has 2 heterocycles. The Labute approximate surface area is 324 Å². The zero-order chi connectivity index (χ0) is 38.7. The van der Waals surface area contributed by atoms with Crippen molar-refractivity contribution in [2.24, 2.45) is 16.8 Å². The number of amidine groups is 1. The molecule has 6 rings (SSSR count). The number of carbonyl (C=O) groups excluding carboxylic acids is 3. The second kappa shape index (κ2) is 19.0. The van der Waals surface area contributed by atoms with Gasteiger partial charge in [-0.25, -0.2) is 10.3 Å². The first-order valence-corrected chi connectivity index (χ1v) is 19.3. The summed E-state index contributed by atoms with van der Waals surface area (Å²) < 4.78 is 5.35. The van der Waals surface area contributed by atoms with Crippen LogP contribution in [0.5, 0.6) is 0 Å². The van der Waals surface area contributed by atoms with Gasteiger partial charge in [-0.1, -0.05) is 30.3 Å². The maximum absolute atomic E-state index is 13.8. The van der Waals surface area contributed by atoms with Crippen molar-refractivity contribution < 1.29 is 24.0 Å². The Morgan fingerprint density at radius 3 is 2.33 bits per heavy atom. The third kappa shape index (κ3) is 12.4. The standard InChI is InChI=1S/C38H45N5O5S.C4H9N/c1-23-9-18-31(49)21-32(23)29-8-6-7-26(19-29)20-33(36(45)41-30-16-14-27(15-17-30)34-40-24(2)48-43-34)42-35(44)28-12-10-25(11-13-28)22-39-37(46)47-38(3,4)5;1-2-4-5-3-1/h6-9,14-19,21,25,28,33,49H,2,10-13,20,22H2,1,3-5H3,(H,39,46)(H,40,43)(H,41,45)(H,42,44);5H,1-4H2/t25?,28?,33-;/m0./s1. The van der Waals surface area contributed by atoms with Gasteiger partial charge in [-0.05, 0) is 150 Å². The van der Waals surface area contributed by atoms with Crippen LogP contribution < -0.4 is 26.7 Å². The lowest BCUT2D eigenvalue weighted by molar-refractivity contribution is -0.130. The van der Waals surface area contributed by atoms with Gasteiger partial charge in [0.15, 0.2) is 5.84 Å². The van der Waals surface area contributed by atoms with Crippen LogP contribution in [-0.2, 0) is 25.6 Å². The smallest absolute Gasteiger partial charge is 0.407 e. The number of hydrogen-bond acceptors (Lipinski definition) is 9. The summed E-state index contributed by atoms with van der Waals surface area (Å²) in [5, 5.41) is 12.1. The summed E-state index contributed by atoms with van der Waals surface area (Å²) in [5.74, 6) is 0.376. The molecule has 12 heteroatoms. The molecule has 3 aliphatic rings. The molecule has 1 saturated heterocycles. The van der Waals surface area contributed by atoms with Crippen LogP contribution in [-0.4, -0.2) is 55.0 Å². The number of carbonyl (C=O) groups is 3. The van der Waals surface area contributed by atoms with Crippen LogP contribution >= 0.6 is 12.6 Å². The number of thiol groups is 1. The fraction of sp³-hybridized carbons (Fsp3) is 0.429. The van der Waals surface area contributed by atoms with Crippen LogP contribution in [0.15, 0.2) is 89.1 Å². The minimum absolute atomic E-state index is 0.144. The Morgan fingerprint density at radius 2 is 1.70 bits per heavy atom. The average molecular weight is 755 g/mol. The topological polar surface area (TPSA) is 142 Å². The molecule has 1 saturated carbocycles. The van der Waals surface area contributed by atoms with E-state index >= 15 is 0 Å². The molecule has 11 nitrogen and oxygen atoms in total. The van der Waals surface area contributed by atoms with Gasteiger partial charge in [0.05, 0.1) is 0 Å². The molecule has 0 bridgehead atoms. The Balaban J connectivity index is 0.00000103. The van der Waals surface area contributed by atoms with E-state index in [-0.39, 0.29) is 29.5 Å². The van der Waals surface area contributed by atoms with Crippen molar-refractivity contribution >= 4 is 42.1 Å². The molecule has 2 aliphatic heterocycles. The molecule has 1 aliphatic carbocycles. The maximum atomic E-state index is 13.8. The molecule has 54 heavy (non-hydrogen) atoms. The van der Waals surface area contributed by atoms with Gasteiger partial charge >= 0.3 is 6.09 Å². The molecule has 3 aromatic carbocycles. The molecular weight excluding hydrogens is 701 g/mol. The lowest BCUT2D eigenvalue weighted by atomic mass is 9.81. The Kier molecular flexibility index (Phi) is 14.2. The average Bonchev–Trinajstić information content (AvgIpc) is 3.87. The van der Waals surface area contributed by atoms with Crippen LogP contribution in [0.4, 0.5) is 10.5 Å². The maximum Gasteiger partial charge on any atom is 0.407 e. The van der Waals surface area contributed by atoms with E-state index in [0.717, 1.165) is 45.6 Å². The first-order chi connectivity index (χ1) is 25.8. The Morgan fingerprint density at radius 1 is 0.981 bits per heavy atom. The summed E-state index contributed by atoms with van der Waals surface area (Å²) in [5.41, 5.74) is 7.62. The summed E-state index contributed by atoms with van der Waals surface area (Å²) in [6.07, 6.45) is 5.58. The molecule has 0 radical (unpaired) electrons. The van der Waals surface area contributed by atoms with Crippen LogP contribution in [0.25, 0.3) is 11.1 Å². The predicted molar refractivity (Wildman–Crippen MR) is 216 cm³/mol. The third-order valence-electron chi connectivity index (χ3n) is 9.57. The summed E-state index contributed by atoms with van der Waals surface area (Å²) in [4.78, 5) is 49.7. The van der Waals surface area contributed by atoms with Gasteiger partial charge in [-0.3, -0.25) is 9.59 Å². The van der Waals surface area contributed by atoms with Gasteiger partial charge in [0.2, 0.25) is 17.7 Å². The largest absolute Gasteiger partial charge is 0.444 e. The summed E-state index contributed by atoms with van der Waals surface area (Å²) in [6, 6.07) is 20.4. The number of aryl methyl sites for hydroxylation is 1. The first kappa shape index (κ1) is 40.4. The fourth-order valence-corrected chi connectivity index (χ4v) is 6.86. The number of hydrogen-bond donors (Lipinski definition) is 6. The van der Waals surface area contributed by atoms with Crippen molar-refractivity contribution in [2.75, 3.05) is 25.0 Å². The quantitative estimate of drug-likeness (QED) is 0.122. The lowest BCUT2D eigenvalue weighted by Gasteiger charge is -2.29. The summed E-state index contributed by atoms with van der Waals surface area (Å²) in [6.45, 7) is 14.2. The molecule has 0 spiro atoms. The van der Waals surface area contributed by atoms with Crippen LogP contribution in [0, 0.1) is 18.8 Å². The van der Waals surface area contributed by atoms with E-state index in [0.29, 0.717) is 37.3 Å². The SMILES string of the molecule is C1CCNC1.C=C1N=C(c2ccc(NC(=O)[C@H](Cc3cccc(-c4cc(S)ccc4C)c3)NC(=O)C3CCC(CNC(=O)OC(C)(C)C)CC3)cc2)NO1. The zero-order valence-corrected chi connectivity index (χ0v) is 32.7. The number of hydroxylamine groups is 1. The molecule has 288 valence electrons. The van der Waals surface area contributed by atoms with Crippen molar-refractivity contribution in [1.82, 2.24) is 21.4 Å². The van der Waals surface area contributed by atoms with Gasteiger partial charge in [-0.15, -0.1) is 12.6 Å². The van der Waals surface area contributed by atoms with E-state index in [2.05, 4.69) is 63.9 Å². The van der Waals surface area contributed by atoms with E-state index in [9.17, 15) is 14.4 Å². The number of rotatable bonds is 10. The Hall–Kier alpha value is -4.81. The highest BCUT2D eigenvalue weighted by Crippen LogP contribution is 2.30. The van der Waals surface area contributed by atoms with E-state index in [1.165, 1.54) is 25.9 Å².